The van der Waals surface area contributed by atoms with E-state index in [0.717, 1.165) is 0 Å². The SMILES string of the molecule is CC(=NNC(=O)c1ccc([N+](=O)[O-])c(C)c1)c1ccccc1O. The molecule has 0 saturated carbocycles. The van der Waals surface area contributed by atoms with Gasteiger partial charge >= 0.3 is 0 Å². The largest absolute Gasteiger partial charge is 0.507 e. The van der Waals surface area contributed by atoms with E-state index in [-0.39, 0.29) is 17.0 Å². The number of rotatable bonds is 4. The van der Waals surface area contributed by atoms with Crippen molar-refractivity contribution in [2.45, 2.75) is 13.8 Å². The number of aryl methyl sites for hydroxylation is 1. The second-order valence-electron chi connectivity index (χ2n) is 4.91. The predicted octanol–water partition coefficient (Wildman–Crippen LogP) is 2.76. The number of para-hydroxylation sites is 1. The van der Waals surface area contributed by atoms with Gasteiger partial charge in [0.25, 0.3) is 11.6 Å². The van der Waals surface area contributed by atoms with E-state index in [1.165, 1.54) is 24.3 Å². The number of carbonyl (C=O) groups excluding carboxylic acids is 1. The lowest BCUT2D eigenvalue weighted by Gasteiger charge is -2.05. The van der Waals surface area contributed by atoms with Gasteiger partial charge in [-0.15, -0.1) is 0 Å². The first kappa shape index (κ1) is 16.2. The number of nitro groups is 1. The van der Waals surface area contributed by atoms with E-state index < -0.39 is 10.8 Å². The van der Waals surface area contributed by atoms with Gasteiger partial charge in [0.2, 0.25) is 0 Å². The number of hydrogen-bond acceptors (Lipinski definition) is 5. The molecule has 0 fully saturated rings. The van der Waals surface area contributed by atoms with Crippen LogP contribution >= 0.6 is 0 Å². The van der Waals surface area contributed by atoms with Gasteiger partial charge in [0.15, 0.2) is 0 Å². The third kappa shape index (κ3) is 3.70. The van der Waals surface area contributed by atoms with Gasteiger partial charge in [0, 0.05) is 22.8 Å². The van der Waals surface area contributed by atoms with Gasteiger partial charge in [-0.05, 0) is 38.1 Å². The van der Waals surface area contributed by atoms with Gasteiger partial charge in [-0.1, -0.05) is 12.1 Å². The fraction of sp³-hybridized carbons (Fsp3) is 0.125. The van der Waals surface area contributed by atoms with Crippen LogP contribution in [0.1, 0.15) is 28.4 Å². The van der Waals surface area contributed by atoms with Crippen molar-refractivity contribution < 1.29 is 14.8 Å². The van der Waals surface area contributed by atoms with Crippen molar-refractivity contribution in [3.05, 3.63) is 69.3 Å². The first-order valence-electron chi connectivity index (χ1n) is 6.78. The third-order valence-corrected chi connectivity index (χ3v) is 3.27. The van der Waals surface area contributed by atoms with Crippen molar-refractivity contribution >= 4 is 17.3 Å². The van der Waals surface area contributed by atoms with Crippen LogP contribution in [0.4, 0.5) is 5.69 Å². The van der Waals surface area contributed by atoms with E-state index in [1.54, 1.807) is 32.0 Å². The fourth-order valence-electron chi connectivity index (χ4n) is 2.04. The van der Waals surface area contributed by atoms with E-state index in [4.69, 9.17) is 0 Å². The molecule has 0 aromatic heterocycles. The number of carbonyl (C=O) groups is 1. The van der Waals surface area contributed by atoms with Crippen molar-refractivity contribution in [2.24, 2.45) is 5.10 Å². The monoisotopic (exact) mass is 313 g/mol. The Labute approximate surface area is 132 Å². The summed E-state index contributed by atoms with van der Waals surface area (Å²) in [6.07, 6.45) is 0. The van der Waals surface area contributed by atoms with Crippen LogP contribution in [0.25, 0.3) is 0 Å². The van der Waals surface area contributed by atoms with Crippen LogP contribution in [0.5, 0.6) is 5.75 Å². The lowest BCUT2D eigenvalue weighted by molar-refractivity contribution is -0.385. The van der Waals surface area contributed by atoms with Crippen LogP contribution in [-0.4, -0.2) is 21.6 Å². The zero-order valence-electron chi connectivity index (χ0n) is 12.6. The van der Waals surface area contributed by atoms with Crippen LogP contribution < -0.4 is 5.43 Å². The molecule has 2 aromatic rings. The number of nitrogens with zero attached hydrogens (tertiary/aromatic N) is 2. The number of benzene rings is 2. The molecule has 2 rings (SSSR count). The number of hydrogen-bond donors (Lipinski definition) is 2. The first-order chi connectivity index (χ1) is 10.9. The quantitative estimate of drug-likeness (QED) is 0.514. The Morgan fingerprint density at radius 1 is 1.26 bits per heavy atom. The van der Waals surface area contributed by atoms with Crippen LogP contribution in [-0.2, 0) is 0 Å². The molecule has 0 bridgehead atoms. The third-order valence-electron chi connectivity index (χ3n) is 3.27. The molecule has 0 unspecified atom stereocenters. The lowest BCUT2D eigenvalue weighted by Crippen LogP contribution is -2.19. The number of phenolic OH excluding ortho intramolecular Hbond substituents is 1. The predicted molar refractivity (Wildman–Crippen MR) is 85.6 cm³/mol. The first-order valence-corrected chi connectivity index (χ1v) is 6.78. The fourth-order valence-corrected chi connectivity index (χ4v) is 2.04. The Morgan fingerprint density at radius 2 is 1.96 bits per heavy atom. The van der Waals surface area contributed by atoms with Crippen molar-refractivity contribution in [2.75, 3.05) is 0 Å². The van der Waals surface area contributed by atoms with Gasteiger partial charge in [-0.2, -0.15) is 5.10 Å². The molecule has 0 aliphatic heterocycles. The van der Waals surface area contributed by atoms with Crippen LogP contribution in [0.15, 0.2) is 47.6 Å². The van der Waals surface area contributed by atoms with Gasteiger partial charge in [-0.25, -0.2) is 5.43 Å². The molecule has 1 amide bonds. The van der Waals surface area contributed by atoms with E-state index in [2.05, 4.69) is 10.5 Å². The van der Waals surface area contributed by atoms with E-state index in [1.807, 2.05) is 0 Å². The number of nitrogens with one attached hydrogen (secondary N) is 1. The highest BCUT2D eigenvalue weighted by atomic mass is 16.6. The van der Waals surface area contributed by atoms with E-state index >= 15 is 0 Å². The van der Waals surface area contributed by atoms with Crippen molar-refractivity contribution in [1.82, 2.24) is 5.43 Å². The summed E-state index contributed by atoms with van der Waals surface area (Å²) in [5.41, 5.74) is 3.93. The molecule has 7 heteroatoms. The molecular weight excluding hydrogens is 298 g/mol. The zero-order chi connectivity index (χ0) is 17.0. The molecule has 0 radical (unpaired) electrons. The van der Waals surface area contributed by atoms with E-state index in [9.17, 15) is 20.0 Å². The summed E-state index contributed by atoms with van der Waals surface area (Å²) in [7, 11) is 0. The highest BCUT2D eigenvalue weighted by molar-refractivity contribution is 6.02. The van der Waals surface area contributed by atoms with Gasteiger partial charge in [0.1, 0.15) is 5.75 Å². The Morgan fingerprint density at radius 3 is 2.57 bits per heavy atom. The smallest absolute Gasteiger partial charge is 0.272 e. The molecule has 7 nitrogen and oxygen atoms in total. The molecule has 0 aliphatic carbocycles. The summed E-state index contributed by atoms with van der Waals surface area (Å²) < 4.78 is 0. The van der Waals surface area contributed by atoms with Crippen LogP contribution in [0, 0.1) is 17.0 Å². The van der Waals surface area contributed by atoms with Crippen molar-refractivity contribution in [3.8, 4) is 5.75 Å². The number of amides is 1. The van der Waals surface area contributed by atoms with Gasteiger partial charge < -0.3 is 5.11 Å². The highest BCUT2D eigenvalue weighted by Gasteiger charge is 2.13. The van der Waals surface area contributed by atoms with Crippen LogP contribution in [0.2, 0.25) is 0 Å². The number of hydrazone groups is 1. The Balaban J connectivity index is 2.16. The molecule has 0 atom stereocenters. The van der Waals surface area contributed by atoms with Gasteiger partial charge in [-0.3, -0.25) is 14.9 Å². The molecule has 118 valence electrons. The minimum Gasteiger partial charge on any atom is -0.507 e. The number of aromatic hydroxyl groups is 1. The molecular formula is C16H15N3O4. The molecule has 0 spiro atoms. The van der Waals surface area contributed by atoms with Crippen molar-refractivity contribution in [1.29, 1.82) is 0 Å². The maximum Gasteiger partial charge on any atom is 0.272 e. The summed E-state index contributed by atoms with van der Waals surface area (Å²) in [5, 5.41) is 24.4. The zero-order valence-corrected chi connectivity index (χ0v) is 12.6. The Hall–Kier alpha value is -3.22. The average Bonchev–Trinajstić information content (AvgIpc) is 2.52. The van der Waals surface area contributed by atoms with Crippen molar-refractivity contribution in [3.63, 3.8) is 0 Å². The topological polar surface area (TPSA) is 105 Å². The normalized spacial score (nSPS) is 11.1. The number of phenols is 1. The molecule has 0 aliphatic rings. The maximum absolute atomic E-state index is 12.0. The summed E-state index contributed by atoms with van der Waals surface area (Å²) in [6.45, 7) is 3.21. The molecule has 2 aromatic carbocycles. The summed E-state index contributed by atoms with van der Waals surface area (Å²) >= 11 is 0. The number of nitro benzene ring substituents is 1. The molecule has 0 heterocycles. The van der Waals surface area contributed by atoms with Gasteiger partial charge in [0.05, 0.1) is 10.6 Å². The molecule has 2 N–H and O–H groups in total. The lowest BCUT2D eigenvalue weighted by atomic mass is 10.1. The minimum absolute atomic E-state index is 0.0459. The van der Waals surface area contributed by atoms with Crippen LogP contribution in [0.3, 0.4) is 0 Å². The second kappa shape index (κ2) is 6.69. The molecule has 0 saturated heterocycles. The summed E-state index contributed by atoms with van der Waals surface area (Å²) in [5.74, 6) is -0.424. The summed E-state index contributed by atoms with van der Waals surface area (Å²) in [4.78, 5) is 22.3. The Kier molecular flexibility index (Phi) is 4.70. The minimum atomic E-state index is -0.502. The standard InChI is InChI=1S/C16H15N3O4/c1-10-9-12(7-8-14(10)19(22)23)16(21)18-17-11(2)13-5-3-4-6-15(13)20/h3-9,20H,1-2H3,(H,18,21). The maximum atomic E-state index is 12.0. The van der Waals surface area contributed by atoms with E-state index in [0.29, 0.717) is 16.8 Å². The molecule has 23 heavy (non-hydrogen) atoms. The average molecular weight is 313 g/mol. The Bertz CT molecular complexity index is 800. The highest BCUT2D eigenvalue weighted by Crippen LogP contribution is 2.19. The second-order valence-corrected chi connectivity index (χ2v) is 4.91. The summed E-state index contributed by atoms with van der Waals surface area (Å²) in [6, 6.07) is 10.7.